The molecule has 0 aliphatic heterocycles. The lowest BCUT2D eigenvalue weighted by Gasteiger charge is -2.23. The number of anilines is 1. The molecule has 7 heteroatoms. The highest BCUT2D eigenvalue weighted by atomic mass is 32.1. The van der Waals surface area contributed by atoms with Crippen molar-refractivity contribution in [2.24, 2.45) is 11.3 Å². The Kier molecular flexibility index (Phi) is 11.5. The van der Waals surface area contributed by atoms with Gasteiger partial charge in [0.15, 0.2) is 0 Å². The zero-order valence-corrected chi connectivity index (χ0v) is 21.2. The Morgan fingerprint density at radius 2 is 1.78 bits per heavy atom. The molecule has 0 atom stereocenters. The Bertz CT molecular complexity index is 819. The monoisotopic (exact) mass is 462 g/mol. The van der Waals surface area contributed by atoms with Crippen LogP contribution in [0.2, 0.25) is 0 Å². The molecule has 0 radical (unpaired) electrons. The van der Waals surface area contributed by atoms with Gasteiger partial charge >= 0.3 is 5.97 Å². The molecule has 0 spiro atoms. The second-order valence-electron chi connectivity index (χ2n) is 9.17. The molecule has 1 aromatic heterocycles. The SMILES string of the molecule is CC1CCCCC1.CCN(CC)C(=O)CN(C=O)c1cc(C#CC(C)(C)C)sc1C(=O)O. The van der Waals surface area contributed by atoms with E-state index in [9.17, 15) is 19.5 Å². The fourth-order valence-electron chi connectivity index (χ4n) is 3.37. The summed E-state index contributed by atoms with van der Waals surface area (Å²) in [5.41, 5.74) is -0.0254. The number of aromatic carboxylic acids is 1. The highest BCUT2D eigenvalue weighted by Gasteiger charge is 2.23. The second kappa shape index (κ2) is 13.3. The van der Waals surface area contributed by atoms with E-state index in [2.05, 4.69) is 18.8 Å². The highest BCUT2D eigenvalue weighted by Crippen LogP contribution is 2.30. The van der Waals surface area contributed by atoms with Crippen LogP contribution < -0.4 is 4.90 Å². The Morgan fingerprint density at radius 3 is 2.19 bits per heavy atom. The lowest BCUT2D eigenvalue weighted by atomic mass is 9.91. The van der Waals surface area contributed by atoms with E-state index in [1.807, 2.05) is 34.6 Å². The molecule has 1 N–H and O–H groups in total. The van der Waals surface area contributed by atoms with Gasteiger partial charge in [-0.3, -0.25) is 9.59 Å². The molecule has 2 rings (SSSR count). The standard InChI is InChI=1S/C18H24N2O4S.C7H14/c1-6-19(7-2)15(22)11-20(12-21)14-10-13(8-9-18(3,4)5)25-16(14)17(23)24;1-7-5-3-2-4-6-7/h10,12H,6-7,11H2,1-5H3,(H,23,24);7H,2-6H2,1H3. The van der Waals surface area contributed by atoms with Crippen molar-refractivity contribution >= 4 is 35.3 Å². The summed E-state index contributed by atoms with van der Waals surface area (Å²) in [6.45, 7) is 12.8. The highest BCUT2D eigenvalue weighted by molar-refractivity contribution is 7.15. The first kappa shape index (κ1) is 27.7. The smallest absolute Gasteiger partial charge is 0.348 e. The van der Waals surface area contributed by atoms with Crippen molar-refractivity contribution in [2.75, 3.05) is 24.5 Å². The Morgan fingerprint density at radius 1 is 1.19 bits per heavy atom. The summed E-state index contributed by atoms with van der Waals surface area (Å²) in [5.74, 6) is 5.64. The molecule has 1 fully saturated rings. The molecule has 1 aliphatic rings. The van der Waals surface area contributed by atoms with Crippen molar-refractivity contribution in [3.63, 3.8) is 0 Å². The number of carbonyl (C=O) groups excluding carboxylic acids is 2. The van der Waals surface area contributed by atoms with Gasteiger partial charge in [0.1, 0.15) is 11.4 Å². The van der Waals surface area contributed by atoms with E-state index in [0.29, 0.717) is 24.4 Å². The molecule has 0 saturated heterocycles. The third-order valence-electron chi connectivity index (χ3n) is 5.22. The summed E-state index contributed by atoms with van der Waals surface area (Å²) in [6, 6.07) is 1.55. The maximum atomic E-state index is 12.2. The number of nitrogens with zero attached hydrogens (tertiary/aromatic N) is 2. The number of carboxylic acids is 1. The van der Waals surface area contributed by atoms with E-state index < -0.39 is 5.97 Å². The van der Waals surface area contributed by atoms with Crippen LogP contribution in [0.4, 0.5) is 5.69 Å². The molecule has 1 aromatic rings. The predicted molar refractivity (Wildman–Crippen MR) is 131 cm³/mol. The van der Waals surface area contributed by atoms with E-state index in [4.69, 9.17) is 0 Å². The zero-order chi connectivity index (χ0) is 24.3. The number of carbonyl (C=O) groups is 3. The largest absolute Gasteiger partial charge is 0.477 e. The van der Waals surface area contributed by atoms with Crippen LogP contribution >= 0.6 is 11.3 Å². The second-order valence-corrected chi connectivity index (χ2v) is 10.2. The molecule has 32 heavy (non-hydrogen) atoms. The summed E-state index contributed by atoms with van der Waals surface area (Å²) < 4.78 is 0. The van der Waals surface area contributed by atoms with Crippen LogP contribution in [0.25, 0.3) is 0 Å². The Labute approximate surface area is 197 Å². The van der Waals surface area contributed by atoms with Gasteiger partial charge in [-0.1, -0.05) is 50.9 Å². The summed E-state index contributed by atoms with van der Waals surface area (Å²) in [4.78, 5) is 38.5. The predicted octanol–water partition coefficient (Wildman–Crippen LogP) is 5.26. The van der Waals surface area contributed by atoms with Crippen molar-refractivity contribution in [3.05, 3.63) is 15.8 Å². The maximum Gasteiger partial charge on any atom is 0.348 e. The van der Waals surface area contributed by atoms with Gasteiger partial charge in [0.25, 0.3) is 0 Å². The first-order chi connectivity index (χ1) is 15.0. The Balaban J connectivity index is 0.000000616. The van der Waals surface area contributed by atoms with E-state index in [-0.39, 0.29) is 28.4 Å². The maximum absolute atomic E-state index is 12.2. The number of rotatable bonds is 7. The van der Waals surface area contributed by atoms with Crippen LogP contribution in [0.15, 0.2) is 6.07 Å². The molecular formula is C25H38N2O4S. The van der Waals surface area contributed by atoms with Gasteiger partial charge < -0.3 is 14.9 Å². The zero-order valence-electron chi connectivity index (χ0n) is 20.4. The normalized spacial score (nSPS) is 13.8. The molecule has 178 valence electrons. The van der Waals surface area contributed by atoms with Crippen LogP contribution in [-0.4, -0.2) is 47.9 Å². The van der Waals surface area contributed by atoms with Crippen LogP contribution in [0.5, 0.6) is 0 Å². The third-order valence-corrected chi connectivity index (χ3v) is 6.25. The van der Waals surface area contributed by atoms with Gasteiger partial charge in [0.2, 0.25) is 12.3 Å². The average Bonchev–Trinajstić information content (AvgIpc) is 3.16. The minimum atomic E-state index is -1.15. The van der Waals surface area contributed by atoms with Gasteiger partial charge in [0.05, 0.1) is 10.6 Å². The van der Waals surface area contributed by atoms with Crippen LogP contribution in [0.1, 0.15) is 88.2 Å². The lowest BCUT2D eigenvalue weighted by molar-refractivity contribution is -0.130. The van der Waals surface area contributed by atoms with Gasteiger partial charge in [-0.25, -0.2) is 4.79 Å². The molecule has 0 aromatic carbocycles. The summed E-state index contributed by atoms with van der Waals surface area (Å²) in [6.07, 6.45) is 7.92. The average molecular weight is 463 g/mol. The number of likely N-dealkylation sites (N-methyl/N-ethyl adjacent to an activating group) is 1. The first-order valence-corrected chi connectivity index (χ1v) is 12.2. The topological polar surface area (TPSA) is 77.9 Å². The van der Waals surface area contributed by atoms with Crippen molar-refractivity contribution < 1.29 is 19.5 Å². The van der Waals surface area contributed by atoms with Crippen molar-refractivity contribution in [1.29, 1.82) is 0 Å². The van der Waals surface area contributed by atoms with Gasteiger partial charge in [-0.15, -0.1) is 11.3 Å². The van der Waals surface area contributed by atoms with Crippen molar-refractivity contribution in [3.8, 4) is 11.8 Å². The quantitative estimate of drug-likeness (QED) is 0.443. The van der Waals surface area contributed by atoms with Crippen LogP contribution in [0.3, 0.4) is 0 Å². The molecule has 1 aliphatic carbocycles. The van der Waals surface area contributed by atoms with Crippen molar-refractivity contribution in [1.82, 2.24) is 4.90 Å². The molecule has 0 unspecified atom stereocenters. The minimum absolute atomic E-state index is 0.00217. The molecule has 1 heterocycles. The van der Waals surface area contributed by atoms with Gasteiger partial charge in [-0.2, -0.15) is 0 Å². The van der Waals surface area contributed by atoms with Crippen LogP contribution in [-0.2, 0) is 9.59 Å². The van der Waals surface area contributed by atoms with Gasteiger partial charge in [0, 0.05) is 18.5 Å². The first-order valence-electron chi connectivity index (χ1n) is 11.4. The summed E-state index contributed by atoms with van der Waals surface area (Å²) >= 11 is 1.00. The fraction of sp³-hybridized carbons (Fsp3) is 0.640. The molecule has 0 bridgehead atoms. The number of carboxylic acid groups (broad SMARTS) is 1. The summed E-state index contributed by atoms with van der Waals surface area (Å²) in [7, 11) is 0. The van der Waals surface area contributed by atoms with E-state index in [1.54, 1.807) is 11.0 Å². The molecular weight excluding hydrogens is 424 g/mol. The third kappa shape index (κ3) is 9.44. The number of amides is 2. The molecule has 1 saturated carbocycles. The van der Waals surface area contributed by atoms with Crippen LogP contribution in [0, 0.1) is 23.2 Å². The minimum Gasteiger partial charge on any atom is -0.477 e. The summed E-state index contributed by atoms with van der Waals surface area (Å²) in [5, 5.41) is 9.41. The van der Waals surface area contributed by atoms with Gasteiger partial charge in [-0.05, 0) is 46.6 Å². The van der Waals surface area contributed by atoms with E-state index in [0.717, 1.165) is 22.2 Å². The lowest BCUT2D eigenvalue weighted by Crippen LogP contribution is -2.40. The van der Waals surface area contributed by atoms with E-state index >= 15 is 0 Å². The number of hydrogen-bond acceptors (Lipinski definition) is 4. The molecule has 2 amide bonds. The number of hydrogen-bond donors (Lipinski definition) is 1. The van der Waals surface area contributed by atoms with Crippen molar-refractivity contribution in [2.45, 2.75) is 73.6 Å². The van der Waals surface area contributed by atoms with E-state index in [1.165, 1.54) is 32.1 Å². The number of thiophene rings is 1. The molecule has 6 nitrogen and oxygen atoms in total. The fourth-order valence-corrected chi connectivity index (χ4v) is 4.23. The Hall–Kier alpha value is -2.33.